The maximum Gasteiger partial charge on any atom is 0.242 e. The number of hydrogen-bond acceptors (Lipinski definition) is 4. The molecule has 0 aromatic heterocycles. The first-order valence-electron chi connectivity index (χ1n) is 8.43. The summed E-state index contributed by atoms with van der Waals surface area (Å²) in [7, 11) is 3.25. The summed E-state index contributed by atoms with van der Waals surface area (Å²) in [5.41, 5.74) is 0.997. The van der Waals surface area contributed by atoms with Gasteiger partial charge in [-0.3, -0.25) is 9.59 Å². The molecule has 1 aromatic carbocycles. The van der Waals surface area contributed by atoms with E-state index in [0.29, 0.717) is 13.0 Å². The first kappa shape index (κ1) is 16.6. The highest BCUT2D eigenvalue weighted by Gasteiger charge is 2.34. The van der Waals surface area contributed by atoms with Crippen LogP contribution in [0.2, 0.25) is 0 Å². The molecule has 2 saturated heterocycles. The third kappa shape index (κ3) is 3.18. The molecule has 0 saturated carbocycles. The molecule has 1 atom stereocenters. The Morgan fingerprint density at radius 1 is 1.21 bits per heavy atom. The van der Waals surface area contributed by atoms with E-state index in [-0.39, 0.29) is 24.4 Å². The molecule has 3 rings (SSSR count). The second-order valence-corrected chi connectivity index (χ2v) is 6.27. The first-order chi connectivity index (χ1) is 11.6. The van der Waals surface area contributed by atoms with E-state index in [2.05, 4.69) is 0 Å². The van der Waals surface area contributed by atoms with E-state index in [9.17, 15) is 9.59 Å². The van der Waals surface area contributed by atoms with Crippen molar-refractivity contribution in [2.45, 2.75) is 31.7 Å². The normalized spacial score (nSPS) is 20.6. The minimum absolute atomic E-state index is 0.00365. The van der Waals surface area contributed by atoms with Crippen molar-refractivity contribution in [3.8, 4) is 11.5 Å². The highest BCUT2D eigenvalue weighted by atomic mass is 16.5. The van der Waals surface area contributed by atoms with Gasteiger partial charge in [0.2, 0.25) is 11.8 Å². The van der Waals surface area contributed by atoms with Crippen LogP contribution in [-0.4, -0.2) is 55.5 Å². The zero-order valence-corrected chi connectivity index (χ0v) is 14.3. The summed E-state index contributed by atoms with van der Waals surface area (Å²) >= 11 is 0. The van der Waals surface area contributed by atoms with E-state index in [1.165, 1.54) is 0 Å². The van der Waals surface area contributed by atoms with Crippen LogP contribution in [0.3, 0.4) is 0 Å². The largest absolute Gasteiger partial charge is 0.497 e. The number of ether oxygens (including phenoxy) is 2. The number of carbonyl (C=O) groups excluding carboxylic acids is 2. The monoisotopic (exact) mass is 332 g/mol. The number of benzene rings is 1. The van der Waals surface area contributed by atoms with Crippen LogP contribution < -0.4 is 9.47 Å². The van der Waals surface area contributed by atoms with E-state index in [4.69, 9.17) is 9.47 Å². The molecular formula is C18H24N2O4. The van der Waals surface area contributed by atoms with E-state index in [0.717, 1.165) is 42.9 Å². The summed E-state index contributed by atoms with van der Waals surface area (Å²) in [6.45, 7) is 1.60. The van der Waals surface area contributed by atoms with Crippen molar-refractivity contribution in [2.24, 2.45) is 0 Å². The number of amides is 2. The Morgan fingerprint density at radius 2 is 2.04 bits per heavy atom. The molecule has 1 aromatic rings. The van der Waals surface area contributed by atoms with Crippen molar-refractivity contribution >= 4 is 11.8 Å². The summed E-state index contributed by atoms with van der Waals surface area (Å²) in [6, 6.07) is 5.70. The average Bonchev–Trinajstić information content (AvgIpc) is 3.23. The van der Waals surface area contributed by atoms with Gasteiger partial charge in [0.15, 0.2) is 0 Å². The maximum atomic E-state index is 12.7. The number of hydrogen-bond donors (Lipinski definition) is 0. The second-order valence-electron chi connectivity index (χ2n) is 6.27. The molecule has 2 amide bonds. The van der Waals surface area contributed by atoms with Gasteiger partial charge in [-0.1, -0.05) is 0 Å². The molecule has 0 spiro atoms. The van der Waals surface area contributed by atoms with Gasteiger partial charge in [0.05, 0.1) is 26.8 Å². The number of rotatable bonds is 5. The maximum absolute atomic E-state index is 12.7. The molecule has 2 fully saturated rings. The highest BCUT2D eigenvalue weighted by molar-refractivity contribution is 5.86. The molecule has 2 heterocycles. The lowest BCUT2D eigenvalue weighted by molar-refractivity contribution is -0.139. The molecule has 0 N–H and O–H groups in total. The summed E-state index contributed by atoms with van der Waals surface area (Å²) in [5, 5.41) is 0. The van der Waals surface area contributed by atoms with Gasteiger partial charge in [-0.2, -0.15) is 0 Å². The van der Waals surface area contributed by atoms with Crippen LogP contribution in [0.15, 0.2) is 18.2 Å². The van der Waals surface area contributed by atoms with Gasteiger partial charge in [0, 0.05) is 31.1 Å². The molecule has 24 heavy (non-hydrogen) atoms. The minimum atomic E-state index is -0.00365. The second kappa shape index (κ2) is 7.11. The molecule has 130 valence electrons. The zero-order chi connectivity index (χ0) is 17.1. The predicted molar refractivity (Wildman–Crippen MR) is 89.0 cm³/mol. The fraction of sp³-hybridized carbons (Fsp3) is 0.556. The van der Waals surface area contributed by atoms with Crippen LogP contribution >= 0.6 is 0 Å². The number of likely N-dealkylation sites (tertiary alicyclic amines) is 2. The summed E-state index contributed by atoms with van der Waals surface area (Å²) in [6.07, 6.45) is 3.27. The Kier molecular flexibility index (Phi) is 4.92. The molecular weight excluding hydrogens is 308 g/mol. The fourth-order valence-electron chi connectivity index (χ4n) is 3.61. The van der Waals surface area contributed by atoms with E-state index in [1.54, 1.807) is 19.1 Å². The Morgan fingerprint density at radius 3 is 2.71 bits per heavy atom. The van der Waals surface area contributed by atoms with Gasteiger partial charge in [0.1, 0.15) is 11.5 Å². The lowest BCUT2D eigenvalue weighted by Crippen LogP contribution is -2.40. The van der Waals surface area contributed by atoms with E-state index >= 15 is 0 Å². The van der Waals surface area contributed by atoms with Crippen molar-refractivity contribution in [2.75, 3.05) is 33.9 Å². The van der Waals surface area contributed by atoms with Crippen molar-refractivity contribution in [3.63, 3.8) is 0 Å². The molecule has 6 nitrogen and oxygen atoms in total. The van der Waals surface area contributed by atoms with Crippen LogP contribution in [-0.2, 0) is 9.59 Å². The molecule has 0 aliphatic carbocycles. The third-order valence-corrected chi connectivity index (χ3v) is 4.87. The average molecular weight is 332 g/mol. The number of nitrogens with zero attached hydrogens (tertiary/aromatic N) is 2. The van der Waals surface area contributed by atoms with Crippen LogP contribution in [0.25, 0.3) is 0 Å². The minimum Gasteiger partial charge on any atom is -0.497 e. The quantitative estimate of drug-likeness (QED) is 0.827. The van der Waals surface area contributed by atoms with Crippen LogP contribution in [0, 0.1) is 0 Å². The SMILES string of the molecule is COc1ccc([C@H]2CCCN2C(=O)CN2CCCC2=O)c(OC)c1. The van der Waals surface area contributed by atoms with Crippen molar-refractivity contribution in [1.82, 2.24) is 9.80 Å². The van der Waals surface area contributed by atoms with Gasteiger partial charge < -0.3 is 19.3 Å². The first-order valence-corrected chi connectivity index (χ1v) is 8.43. The van der Waals surface area contributed by atoms with Gasteiger partial charge >= 0.3 is 0 Å². The highest BCUT2D eigenvalue weighted by Crippen LogP contribution is 2.38. The van der Waals surface area contributed by atoms with Gasteiger partial charge in [-0.15, -0.1) is 0 Å². The van der Waals surface area contributed by atoms with E-state index in [1.807, 2.05) is 23.1 Å². The molecule has 2 aliphatic heterocycles. The Balaban J connectivity index is 1.77. The number of carbonyl (C=O) groups is 2. The Hall–Kier alpha value is -2.24. The van der Waals surface area contributed by atoms with Crippen LogP contribution in [0.4, 0.5) is 0 Å². The van der Waals surface area contributed by atoms with Crippen molar-refractivity contribution < 1.29 is 19.1 Å². The molecule has 2 aliphatic rings. The van der Waals surface area contributed by atoms with Crippen molar-refractivity contribution in [3.05, 3.63) is 23.8 Å². The number of methoxy groups -OCH3 is 2. The summed E-state index contributed by atoms with van der Waals surface area (Å²) in [5.74, 6) is 1.57. The molecule has 0 radical (unpaired) electrons. The van der Waals surface area contributed by atoms with E-state index < -0.39 is 0 Å². The lowest BCUT2D eigenvalue weighted by atomic mass is 10.0. The lowest BCUT2D eigenvalue weighted by Gasteiger charge is -2.28. The fourth-order valence-corrected chi connectivity index (χ4v) is 3.61. The molecule has 0 unspecified atom stereocenters. The standard InChI is InChI=1S/C18H24N2O4/c1-23-13-7-8-14(16(11-13)24-2)15-5-3-10-20(15)18(22)12-19-9-4-6-17(19)21/h7-8,11,15H,3-6,9-10,12H2,1-2H3/t15-/m1/s1. The topological polar surface area (TPSA) is 59.1 Å². The van der Waals surface area contributed by atoms with Gasteiger partial charge in [-0.05, 0) is 31.4 Å². The van der Waals surface area contributed by atoms with Crippen molar-refractivity contribution in [1.29, 1.82) is 0 Å². The Labute approximate surface area is 142 Å². The van der Waals surface area contributed by atoms with Gasteiger partial charge in [-0.25, -0.2) is 0 Å². The molecule has 6 heteroatoms. The summed E-state index contributed by atoms with van der Waals surface area (Å²) < 4.78 is 10.7. The van der Waals surface area contributed by atoms with Crippen LogP contribution in [0.1, 0.15) is 37.3 Å². The predicted octanol–water partition coefficient (Wildman–Crippen LogP) is 1.99. The van der Waals surface area contributed by atoms with Gasteiger partial charge in [0.25, 0.3) is 0 Å². The zero-order valence-electron chi connectivity index (χ0n) is 14.3. The summed E-state index contributed by atoms with van der Waals surface area (Å²) in [4.78, 5) is 28.0. The smallest absolute Gasteiger partial charge is 0.242 e. The van der Waals surface area contributed by atoms with Crippen LogP contribution in [0.5, 0.6) is 11.5 Å². The third-order valence-electron chi connectivity index (χ3n) is 4.87. The molecule has 0 bridgehead atoms. The Bertz CT molecular complexity index is 631.